The van der Waals surface area contributed by atoms with Gasteiger partial charge in [-0.25, -0.2) is 4.98 Å². The molecule has 0 atom stereocenters. The SMILES string of the molecule is CCC(CC)N(CCOC)C(=O)c1cscn1. The van der Waals surface area contributed by atoms with E-state index in [1.807, 2.05) is 4.90 Å². The number of rotatable bonds is 7. The molecule has 5 heteroatoms. The van der Waals surface area contributed by atoms with Crippen LogP contribution in [0, 0.1) is 0 Å². The van der Waals surface area contributed by atoms with Crippen LogP contribution < -0.4 is 0 Å². The normalized spacial score (nSPS) is 10.8. The van der Waals surface area contributed by atoms with Gasteiger partial charge < -0.3 is 9.64 Å². The van der Waals surface area contributed by atoms with Crippen LogP contribution >= 0.6 is 11.3 Å². The molecule has 0 aromatic carbocycles. The molecule has 1 heterocycles. The molecule has 1 amide bonds. The van der Waals surface area contributed by atoms with Gasteiger partial charge in [-0.3, -0.25) is 4.79 Å². The molecule has 1 rings (SSSR count). The number of aromatic nitrogens is 1. The fraction of sp³-hybridized carbons (Fsp3) is 0.667. The van der Waals surface area contributed by atoms with Gasteiger partial charge in [-0.15, -0.1) is 11.3 Å². The van der Waals surface area contributed by atoms with Gasteiger partial charge in [0.2, 0.25) is 0 Å². The summed E-state index contributed by atoms with van der Waals surface area (Å²) in [6, 6.07) is 0.263. The second kappa shape index (κ2) is 7.40. The summed E-state index contributed by atoms with van der Waals surface area (Å²) in [7, 11) is 1.65. The van der Waals surface area contributed by atoms with E-state index in [2.05, 4.69) is 18.8 Å². The molecular formula is C12H20N2O2S. The Kier molecular flexibility index (Phi) is 6.15. The summed E-state index contributed by atoms with van der Waals surface area (Å²) in [6.07, 6.45) is 1.91. The number of nitrogens with zero attached hydrogens (tertiary/aromatic N) is 2. The summed E-state index contributed by atoms with van der Waals surface area (Å²) in [5.74, 6) is 0.0111. The first kappa shape index (κ1) is 14.1. The minimum Gasteiger partial charge on any atom is -0.383 e. The van der Waals surface area contributed by atoms with Crippen molar-refractivity contribution in [2.24, 2.45) is 0 Å². The van der Waals surface area contributed by atoms with E-state index in [1.165, 1.54) is 11.3 Å². The summed E-state index contributed by atoms with van der Waals surface area (Å²) in [4.78, 5) is 18.2. The third-order valence-electron chi connectivity index (χ3n) is 2.83. The second-order valence-corrected chi connectivity index (χ2v) is 4.55. The number of carbonyl (C=O) groups excluding carboxylic acids is 1. The minimum absolute atomic E-state index is 0.0111. The Morgan fingerprint density at radius 1 is 1.53 bits per heavy atom. The number of hydrogen-bond acceptors (Lipinski definition) is 4. The lowest BCUT2D eigenvalue weighted by molar-refractivity contribution is 0.0584. The largest absolute Gasteiger partial charge is 0.383 e. The quantitative estimate of drug-likeness (QED) is 0.752. The number of methoxy groups -OCH3 is 1. The lowest BCUT2D eigenvalue weighted by Gasteiger charge is -2.29. The monoisotopic (exact) mass is 256 g/mol. The van der Waals surface area contributed by atoms with Crippen molar-refractivity contribution in [3.05, 3.63) is 16.6 Å². The molecule has 17 heavy (non-hydrogen) atoms. The van der Waals surface area contributed by atoms with Gasteiger partial charge in [0.25, 0.3) is 5.91 Å². The van der Waals surface area contributed by atoms with Gasteiger partial charge in [-0.1, -0.05) is 13.8 Å². The van der Waals surface area contributed by atoms with Crippen LogP contribution in [0.15, 0.2) is 10.9 Å². The Morgan fingerprint density at radius 2 is 2.24 bits per heavy atom. The van der Waals surface area contributed by atoms with Crippen molar-refractivity contribution in [3.8, 4) is 0 Å². The summed E-state index contributed by atoms with van der Waals surface area (Å²) in [5, 5.41) is 1.80. The van der Waals surface area contributed by atoms with Gasteiger partial charge in [-0.2, -0.15) is 0 Å². The lowest BCUT2D eigenvalue weighted by atomic mass is 10.1. The highest BCUT2D eigenvalue weighted by molar-refractivity contribution is 7.07. The Bertz CT molecular complexity index is 323. The van der Waals surface area contributed by atoms with E-state index >= 15 is 0 Å². The molecular weight excluding hydrogens is 236 g/mol. The molecule has 0 bridgehead atoms. The van der Waals surface area contributed by atoms with Crippen LogP contribution in [0.2, 0.25) is 0 Å². The zero-order valence-corrected chi connectivity index (χ0v) is 11.5. The van der Waals surface area contributed by atoms with Crippen molar-refractivity contribution in [1.29, 1.82) is 0 Å². The van der Waals surface area contributed by atoms with Crippen molar-refractivity contribution in [1.82, 2.24) is 9.88 Å². The van der Waals surface area contributed by atoms with Crippen LogP contribution in [0.25, 0.3) is 0 Å². The van der Waals surface area contributed by atoms with Crippen LogP contribution in [0.1, 0.15) is 37.2 Å². The number of amides is 1. The molecule has 4 nitrogen and oxygen atoms in total. The third-order valence-corrected chi connectivity index (χ3v) is 3.42. The van der Waals surface area contributed by atoms with Crippen LogP contribution in [0.4, 0.5) is 0 Å². The standard InChI is InChI=1S/C12H20N2O2S/c1-4-10(5-2)14(6-7-16-3)12(15)11-8-17-9-13-11/h8-10H,4-7H2,1-3H3. The molecule has 1 aromatic heterocycles. The number of hydrogen-bond donors (Lipinski definition) is 0. The van der Waals surface area contributed by atoms with Crippen molar-refractivity contribution in [2.75, 3.05) is 20.3 Å². The highest BCUT2D eigenvalue weighted by Gasteiger charge is 2.23. The van der Waals surface area contributed by atoms with E-state index in [-0.39, 0.29) is 11.9 Å². The molecule has 0 aliphatic carbocycles. The summed E-state index contributed by atoms with van der Waals surface area (Å²) >= 11 is 1.45. The van der Waals surface area contributed by atoms with E-state index in [0.29, 0.717) is 18.8 Å². The number of thiazole rings is 1. The van der Waals surface area contributed by atoms with E-state index in [1.54, 1.807) is 18.0 Å². The first-order valence-electron chi connectivity index (χ1n) is 5.92. The molecule has 0 saturated carbocycles. The topological polar surface area (TPSA) is 42.4 Å². The van der Waals surface area contributed by atoms with E-state index in [4.69, 9.17) is 4.74 Å². The van der Waals surface area contributed by atoms with Gasteiger partial charge >= 0.3 is 0 Å². The van der Waals surface area contributed by atoms with E-state index in [9.17, 15) is 4.79 Å². The fourth-order valence-corrected chi connectivity index (χ4v) is 2.36. The highest BCUT2D eigenvalue weighted by Crippen LogP contribution is 2.13. The summed E-state index contributed by atoms with van der Waals surface area (Å²) in [6.45, 7) is 5.39. The van der Waals surface area contributed by atoms with Crippen molar-refractivity contribution >= 4 is 17.2 Å². The zero-order valence-electron chi connectivity index (χ0n) is 10.7. The molecule has 0 aliphatic rings. The third kappa shape index (κ3) is 3.78. The molecule has 0 spiro atoms. The first-order chi connectivity index (χ1) is 8.24. The van der Waals surface area contributed by atoms with Crippen molar-refractivity contribution < 1.29 is 9.53 Å². The van der Waals surface area contributed by atoms with E-state index < -0.39 is 0 Å². The maximum atomic E-state index is 12.3. The number of ether oxygens (including phenoxy) is 1. The van der Waals surface area contributed by atoms with Crippen molar-refractivity contribution in [3.63, 3.8) is 0 Å². The van der Waals surface area contributed by atoms with Gasteiger partial charge in [0.15, 0.2) is 0 Å². The molecule has 0 aliphatic heterocycles. The Morgan fingerprint density at radius 3 is 2.71 bits per heavy atom. The second-order valence-electron chi connectivity index (χ2n) is 3.84. The molecule has 0 radical (unpaired) electrons. The minimum atomic E-state index is 0.0111. The molecule has 0 fully saturated rings. The summed E-state index contributed by atoms with van der Waals surface area (Å²) < 4.78 is 5.07. The smallest absolute Gasteiger partial charge is 0.273 e. The fourth-order valence-electron chi connectivity index (χ4n) is 1.83. The zero-order chi connectivity index (χ0) is 12.7. The van der Waals surface area contributed by atoms with E-state index in [0.717, 1.165) is 12.8 Å². The van der Waals surface area contributed by atoms with Gasteiger partial charge in [0.05, 0.1) is 12.1 Å². The van der Waals surface area contributed by atoms with Gasteiger partial charge in [0, 0.05) is 25.1 Å². The molecule has 1 aromatic rings. The van der Waals surface area contributed by atoms with Gasteiger partial charge in [-0.05, 0) is 12.8 Å². The average molecular weight is 256 g/mol. The molecule has 0 N–H and O–H groups in total. The molecule has 0 saturated heterocycles. The molecule has 0 unspecified atom stereocenters. The maximum absolute atomic E-state index is 12.3. The molecule has 96 valence electrons. The predicted octanol–water partition coefficient (Wildman–Crippen LogP) is 2.42. The van der Waals surface area contributed by atoms with Crippen LogP contribution in [-0.2, 0) is 4.74 Å². The maximum Gasteiger partial charge on any atom is 0.273 e. The Hall–Kier alpha value is -0.940. The highest BCUT2D eigenvalue weighted by atomic mass is 32.1. The average Bonchev–Trinajstić information content (AvgIpc) is 2.87. The van der Waals surface area contributed by atoms with Crippen LogP contribution in [0.3, 0.4) is 0 Å². The van der Waals surface area contributed by atoms with Crippen LogP contribution in [0.5, 0.6) is 0 Å². The first-order valence-corrected chi connectivity index (χ1v) is 6.86. The summed E-state index contributed by atoms with van der Waals surface area (Å²) in [5.41, 5.74) is 2.23. The Balaban J connectivity index is 2.77. The van der Waals surface area contributed by atoms with Gasteiger partial charge in [0.1, 0.15) is 5.69 Å². The predicted molar refractivity (Wildman–Crippen MR) is 69.4 cm³/mol. The van der Waals surface area contributed by atoms with Crippen molar-refractivity contribution in [2.45, 2.75) is 32.7 Å². The lowest BCUT2D eigenvalue weighted by Crippen LogP contribution is -2.41. The number of carbonyl (C=O) groups is 1. The van der Waals surface area contributed by atoms with Crippen LogP contribution in [-0.4, -0.2) is 42.1 Å². The Labute approximate surface area is 107 Å².